The number of hydrogen-bond acceptors (Lipinski definition) is 23. The highest BCUT2D eigenvalue weighted by atomic mass is 32.2. The van der Waals surface area contributed by atoms with E-state index in [1.807, 2.05) is 42.5 Å². The molecule has 2 saturated carbocycles. The highest BCUT2D eigenvalue weighted by Crippen LogP contribution is 2.34. The van der Waals surface area contributed by atoms with Gasteiger partial charge in [0.15, 0.2) is 0 Å². The van der Waals surface area contributed by atoms with Gasteiger partial charge in [-0.2, -0.15) is 0 Å². The average Bonchev–Trinajstić information content (AvgIpc) is 1.75. The number of carboxylic acids is 2. The zero-order valence-electron chi connectivity index (χ0n) is 79.9. The molecule has 139 heavy (non-hydrogen) atoms. The van der Waals surface area contributed by atoms with Crippen molar-refractivity contribution in [3.63, 3.8) is 0 Å². The summed E-state index contributed by atoms with van der Waals surface area (Å²) < 4.78 is 0. The minimum absolute atomic E-state index is 0.0249. The summed E-state index contributed by atoms with van der Waals surface area (Å²) in [5, 5.41) is 71.4. The van der Waals surface area contributed by atoms with Crippen molar-refractivity contribution in [1.82, 2.24) is 84.7 Å². The maximum absolute atomic E-state index is 15.4. The first-order valence-electron chi connectivity index (χ1n) is 47.2. The number of aliphatic carboxylic acids is 1. The number of carbonyl (C=O) groups is 18. The molecule has 2 heterocycles. The van der Waals surface area contributed by atoms with Crippen LogP contribution in [0.15, 0.2) is 128 Å². The van der Waals surface area contributed by atoms with E-state index in [0.29, 0.717) is 59.7 Å². The van der Waals surface area contributed by atoms with E-state index in [1.54, 1.807) is 84.9 Å². The van der Waals surface area contributed by atoms with Crippen LogP contribution in [0.25, 0.3) is 11.1 Å². The lowest BCUT2D eigenvalue weighted by Crippen LogP contribution is -2.63. The fourth-order valence-corrected chi connectivity index (χ4v) is 17.1. The summed E-state index contributed by atoms with van der Waals surface area (Å²) in [6, 6.07) is 7.45. The van der Waals surface area contributed by atoms with E-state index in [1.165, 1.54) is 55.7 Å². The Morgan fingerprint density at radius 1 is 0.446 bits per heavy atom. The summed E-state index contributed by atoms with van der Waals surface area (Å²) in [7, 11) is 0. The maximum atomic E-state index is 15.4. The van der Waals surface area contributed by atoms with E-state index in [-0.39, 0.29) is 87.4 Å². The Morgan fingerprint density at radius 2 is 0.899 bits per heavy atom. The molecule has 0 radical (unpaired) electrons. The molecule has 0 unspecified atom stereocenters. The molecule has 4 aromatic carbocycles. The largest absolute Gasteiger partial charge is 0.481 e. The number of amides is 16. The Labute approximate surface area is 812 Å². The van der Waals surface area contributed by atoms with Crippen LogP contribution in [0.1, 0.15) is 177 Å². The number of benzene rings is 4. The number of thioether (sulfide) groups is 1. The number of aromatic nitrogens is 1. The van der Waals surface area contributed by atoms with E-state index in [4.69, 9.17) is 17.2 Å². The van der Waals surface area contributed by atoms with Crippen LogP contribution in [-0.4, -0.2) is 248 Å². The molecule has 3 fully saturated rings. The third-order valence-electron chi connectivity index (χ3n) is 24.3. The van der Waals surface area contributed by atoms with Crippen LogP contribution >= 0.6 is 11.8 Å². The van der Waals surface area contributed by atoms with E-state index in [9.17, 15) is 68.1 Å². The number of aryl methyl sites for hydroxylation is 1. The van der Waals surface area contributed by atoms with Crippen LogP contribution in [0.4, 0.5) is 0 Å². The molecule has 2 aliphatic carbocycles. The summed E-state index contributed by atoms with van der Waals surface area (Å²) in [6.45, 7) is 13.8. The number of aliphatic hydroxyl groups is 1. The Balaban J connectivity index is 1.21. The molecule has 16 amide bonds. The molecule has 40 nitrogen and oxygen atoms in total. The van der Waals surface area contributed by atoms with Gasteiger partial charge >= 0.3 is 11.9 Å². The lowest BCUT2D eigenvalue weighted by Gasteiger charge is -2.31. The second kappa shape index (κ2) is 54.8. The molecular formula is C98H135N19O21S. The van der Waals surface area contributed by atoms with E-state index < -0.39 is 245 Å². The number of nitrogens with zero attached hydrogens (tertiary/aromatic N) is 1. The van der Waals surface area contributed by atoms with Crippen molar-refractivity contribution < 1.29 is 102 Å². The summed E-state index contributed by atoms with van der Waals surface area (Å²) in [5.74, 6) is -22.5. The molecule has 41 heteroatoms. The molecular weight excluding hydrogens is 1810 g/mol. The van der Waals surface area contributed by atoms with E-state index in [0.717, 1.165) is 37.3 Å². The van der Waals surface area contributed by atoms with Crippen molar-refractivity contribution in [2.75, 3.05) is 24.6 Å². The lowest BCUT2D eigenvalue weighted by atomic mass is 9.84. The minimum atomic E-state index is -2.09. The van der Waals surface area contributed by atoms with Gasteiger partial charge in [-0.25, -0.2) is 4.79 Å². The number of pyridine rings is 1. The summed E-state index contributed by atoms with van der Waals surface area (Å²) in [4.78, 5) is 266. The molecule has 754 valence electrons. The van der Waals surface area contributed by atoms with Crippen molar-refractivity contribution in [1.29, 1.82) is 0 Å². The second-order valence-corrected chi connectivity index (χ2v) is 38.1. The molecule has 3 aliphatic rings. The normalized spacial score (nSPS) is 24.5. The standard InChI is InChI=1S/C98H135N19O21S/c1-52(2)42-69-86(125)105-68(35-39-100)85(124)108-72(44-58-19-12-10-13-20-58)90(129)115-80(54(5)6)95(134)116-81(57(9)118)96(135)113-76(93(132)103-56(8)83(101)122)50-139-51-77(119)104-70(47-61-36-40-102-41-37-61)87(126)109-71(45-60-27-31-66(32-28-60)98(137)138)88(127)111-75(49-78(120)121)89(128)110-74(48-62-21-16-18-55(7)43-62)91(130)114-79(53(3)4)94(133)112-73(46-59-25-29-64(30-26-59)63-22-14-11-15-23-63)92(131)117-82(65-33-34-65)97(136)106-67(24-17-38-99)84(123)107-69/h11,14-16,18,21-23,25-32,36-37,40-41,43,52-54,56-58,65,67-76,79-82,118H,10,12-13,17,19-20,24,33-35,38-39,42,44-51,99-100H2,1-9H3,(H2,101,122)(H,103,132)(H,104,119)(H,105,125)(H,106,136)(H,107,123)(H,108,124)(H,109,126)(H,110,128)(H,111,127)(H,112,133)(H,113,135)(H,114,130)(H,115,129)(H,116,134)(H,117,131)(H,120,121)(H,137,138)/t56-,57+,67-,68-,69+,70-,71-,72-,73-,74-,75-,76-,79-,80-,81-,82-/m0/s1. The van der Waals surface area contributed by atoms with Gasteiger partial charge < -0.3 is 112 Å². The highest BCUT2D eigenvalue weighted by Gasteiger charge is 2.44. The fourth-order valence-electron chi connectivity index (χ4n) is 16.3. The van der Waals surface area contributed by atoms with Crippen molar-refractivity contribution in [2.45, 2.75) is 268 Å². The van der Waals surface area contributed by atoms with Gasteiger partial charge in [-0.05, 0) is 166 Å². The minimum Gasteiger partial charge on any atom is -0.481 e. The Kier molecular flexibility index (Phi) is 43.7. The van der Waals surface area contributed by atoms with Gasteiger partial charge in [-0.3, -0.25) is 86.5 Å². The first kappa shape index (κ1) is 111. The van der Waals surface area contributed by atoms with Crippen LogP contribution in [-0.2, 0) is 107 Å². The Hall–Kier alpha value is -13.3. The Bertz CT molecular complexity index is 5080. The summed E-state index contributed by atoms with van der Waals surface area (Å²) in [6.07, 6.45) is 3.05. The third-order valence-corrected chi connectivity index (χ3v) is 25.3. The number of aliphatic hydroxyl groups excluding tert-OH is 1. The first-order valence-corrected chi connectivity index (χ1v) is 48.4. The number of rotatable bonds is 28. The van der Waals surface area contributed by atoms with Crippen LogP contribution in [0.5, 0.6) is 0 Å². The average molecular weight is 1950 g/mol. The quantitative estimate of drug-likeness (QED) is 0.0319. The number of hydrogen-bond donors (Lipinski definition) is 21. The molecule has 5 aromatic rings. The number of carboxylic acid groups (broad SMARTS) is 2. The van der Waals surface area contributed by atoms with Crippen molar-refractivity contribution in [3.8, 4) is 11.1 Å². The molecule has 1 saturated heterocycles. The van der Waals surface area contributed by atoms with Crippen LogP contribution < -0.4 is 97.0 Å². The first-order chi connectivity index (χ1) is 66.1. The van der Waals surface area contributed by atoms with Gasteiger partial charge in [-0.1, -0.05) is 170 Å². The number of primary amides is 1. The molecule has 1 aliphatic heterocycles. The van der Waals surface area contributed by atoms with Gasteiger partial charge in [0, 0.05) is 43.8 Å². The predicted molar refractivity (Wildman–Crippen MR) is 516 cm³/mol. The maximum Gasteiger partial charge on any atom is 0.335 e. The van der Waals surface area contributed by atoms with Gasteiger partial charge in [0.1, 0.15) is 90.6 Å². The van der Waals surface area contributed by atoms with Gasteiger partial charge in [-0.15, -0.1) is 11.8 Å². The summed E-state index contributed by atoms with van der Waals surface area (Å²) in [5.41, 5.74) is 21.5. The SMILES string of the molecule is Cc1cccc(C[C@@H]2NC(=O)[C@H](CC(=O)O)NC(=O)[C@H](Cc3ccc(C(=O)O)cc3)NC(=O)[C@H](Cc3ccncc3)NC(=O)CSC[C@@H](C(=O)N[C@@H](C)C(N)=O)NC(=O)[C@H]([C@@H](C)O)NC(=O)[C@H](C(C)C)NC(=O)[C@H](CC3CCCCC3)NC(=O)[C@H](CCN)NC(=O)[C@@H](CC(C)C)NC(=O)[C@H](CCCN)NC(=O)[C@H](C3CC3)NC(=O)[C@H](Cc3ccc(-c4ccccc4)cc3)NC(=O)[C@H](C(C)C)NC2=O)c1. The fraction of sp³-hybridized carbons (Fsp3) is 0.520. The molecule has 16 atom stereocenters. The van der Waals surface area contributed by atoms with Crippen LogP contribution in [0, 0.1) is 36.5 Å². The topological polar surface area (TPSA) is 639 Å². The highest BCUT2D eigenvalue weighted by molar-refractivity contribution is 8.00. The van der Waals surface area contributed by atoms with Gasteiger partial charge in [0.2, 0.25) is 94.5 Å². The zero-order chi connectivity index (χ0) is 102. The molecule has 0 spiro atoms. The number of nitrogens with one attached hydrogen (secondary N) is 15. The lowest BCUT2D eigenvalue weighted by molar-refractivity contribution is -0.141. The number of nitrogens with two attached hydrogens (primary N) is 3. The van der Waals surface area contributed by atoms with E-state index >= 15 is 33.6 Å². The van der Waals surface area contributed by atoms with E-state index in [2.05, 4.69) is 84.7 Å². The van der Waals surface area contributed by atoms with Crippen LogP contribution in [0.2, 0.25) is 0 Å². The molecule has 1 aromatic heterocycles. The van der Waals surface area contributed by atoms with Gasteiger partial charge in [0.25, 0.3) is 0 Å². The zero-order valence-corrected chi connectivity index (χ0v) is 80.7. The van der Waals surface area contributed by atoms with Crippen LogP contribution in [0.3, 0.4) is 0 Å². The Morgan fingerprint density at radius 3 is 1.43 bits per heavy atom. The second-order valence-electron chi connectivity index (χ2n) is 37.0. The smallest absolute Gasteiger partial charge is 0.335 e. The summed E-state index contributed by atoms with van der Waals surface area (Å²) >= 11 is 0.700. The van der Waals surface area contributed by atoms with Crippen molar-refractivity contribution >= 4 is 118 Å². The molecule has 0 bridgehead atoms. The number of aromatic carboxylic acids is 1. The monoisotopic (exact) mass is 1950 g/mol. The van der Waals surface area contributed by atoms with Gasteiger partial charge in [0.05, 0.1) is 23.8 Å². The van der Waals surface area contributed by atoms with Crippen molar-refractivity contribution in [2.24, 2.45) is 46.8 Å². The third kappa shape index (κ3) is 35.9. The molecule has 24 N–H and O–H groups in total. The number of carbonyl (C=O) groups excluding carboxylic acids is 16. The molecule has 8 rings (SSSR count). The van der Waals surface area contributed by atoms with Crippen molar-refractivity contribution in [3.05, 3.63) is 161 Å². The predicted octanol–water partition coefficient (Wildman–Crippen LogP) is 0.232.